The van der Waals surface area contributed by atoms with Crippen LogP contribution in [0.3, 0.4) is 0 Å². The van der Waals surface area contributed by atoms with Gasteiger partial charge in [-0.2, -0.15) is 5.10 Å². The van der Waals surface area contributed by atoms with Crippen LogP contribution in [0.5, 0.6) is 0 Å². The van der Waals surface area contributed by atoms with Gasteiger partial charge in [-0.25, -0.2) is 14.5 Å². The summed E-state index contributed by atoms with van der Waals surface area (Å²) in [6.45, 7) is 4.87. The van der Waals surface area contributed by atoms with Gasteiger partial charge in [0, 0.05) is 6.54 Å². The van der Waals surface area contributed by atoms with E-state index >= 15 is 0 Å². The van der Waals surface area contributed by atoms with Gasteiger partial charge in [0.25, 0.3) is 5.22 Å². The van der Waals surface area contributed by atoms with Gasteiger partial charge in [-0.15, -0.1) is 5.10 Å². The molecule has 2 heterocycles. The molecule has 0 radical (unpaired) electrons. The molecule has 0 atom stereocenters. The van der Waals surface area contributed by atoms with E-state index in [4.69, 9.17) is 9.15 Å². The Labute approximate surface area is 119 Å². The van der Waals surface area contributed by atoms with E-state index in [0.29, 0.717) is 11.0 Å². The van der Waals surface area contributed by atoms with Crippen molar-refractivity contribution in [2.75, 3.05) is 6.61 Å². The van der Waals surface area contributed by atoms with Crippen LogP contribution in [0.15, 0.2) is 16.0 Å². The van der Waals surface area contributed by atoms with Gasteiger partial charge in [-0.05, 0) is 13.3 Å². The van der Waals surface area contributed by atoms with Crippen LogP contribution in [0, 0.1) is 0 Å². The maximum atomic E-state index is 11.4. The normalized spacial score (nSPS) is 10.7. The van der Waals surface area contributed by atoms with Gasteiger partial charge in [0.05, 0.1) is 12.4 Å². The van der Waals surface area contributed by atoms with Crippen molar-refractivity contribution < 1.29 is 13.9 Å². The molecule has 0 saturated carbocycles. The van der Waals surface area contributed by atoms with E-state index < -0.39 is 5.97 Å². The molecule has 0 saturated heterocycles. The molecule has 20 heavy (non-hydrogen) atoms. The Morgan fingerprint density at radius 3 is 3.05 bits per heavy atom. The Balaban J connectivity index is 1.94. The molecule has 2 aromatic rings. The first-order chi connectivity index (χ1) is 9.74. The van der Waals surface area contributed by atoms with Gasteiger partial charge in [-0.1, -0.05) is 23.8 Å². The second-order valence-electron chi connectivity index (χ2n) is 3.78. The van der Waals surface area contributed by atoms with Crippen molar-refractivity contribution in [2.24, 2.45) is 0 Å². The standard InChI is InChI=1S/C11H15N5O3S/c1-3-5-16-8(12-7-13-16)6-20-11-15-14-9(19-11)10(17)18-4-2/h7H,3-6H2,1-2H3. The highest BCUT2D eigenvalue weighted by atomic mass is 32.2. The summed E-state index contributed by atoms with van der Waals surface area (Å²) in [6, 6.07) is 0. The monoisotopic (exact) mass is 297 g/mol. The molecule has 0 amide bonds. The Kier molecular flexibility index (Phi) is 5.10. The number of hydrogen-bond acceptors (Lipinski definition) is 8. The zero-order valence-electron chi connectivity index (χ0n) is 11.3. The minimum atomic E-state index is -0.610. The first kappa shape index (κ1) is 14.5. The molecule has 108 valence electrons. The second kappa shape index (κ2) is 7.04. The van der Waals surface area contributed by atoms with Gasteiger partial charge >= 0.3 is 11.9 Å². The smallest absolute Gasteiger partial charge is 0.396 e. The molecule has 0 aliphatic heterocycles. The highest BCUT2D eigenvalue weighted by Crippen LogP contribution is 2.20. The maximum Gasteiger partial charge on any atom is 0.396 e. The number of carbonyl (C=O) groups is 1. The van der Waals surface area contributed by atoms with E-state index in [-0.39, 0.29) is 12.5 Å². The largest absolute Gasteiger partial charge is 0.459 e. The summed E-state index contributed by atoms with van der Waals surface area (Å²) in [5, 5.41) is 11.9. The Morgan fingerprint density at radius 1 is 1.45 bits per heavy atom. The lowest BCUT2D eigenvalue weighted by molar-refractivity contribution is 0.0475. The van der Waals surface area contributed by atoms with Crippen molar-refractivity contribution in [3.8, 4) is 0 Å². The third-order valence-electron chi connectivity index (χ3n) is 2.31. The third kappa shape index (κ3) is 3.56. The van der Waals surface area contributed by atoms with Crippen LogP contribution in [0.2, 0.25) is 0 Å². The molecule has 0 N–H and O–H groups in total. The van der Waals surface area contributed by atoms with Gasteiger partial charge in [0.1, 0.15) is 12.2 Å². The zero-order chi connectivity index (χ0) is 14.4. The summed E-state index contributed by atoms with van der Waals surface area (Å²) < 4.78 is 11.8. The zero-order valence-corrected chi connectivity index (χ0v) is 12.1. The maximum absolute atomic E-state index is 11.4. The quantitative estimate of drug-likeness (QED) is 0.561. The second-order valence-corrected chi connectivity index (χ2v) is 4.71. The molecule has 2 aromatic heterocycles. The summed E-state index contributed by atoms with van der Waals surface area (Å²) in [6.07, 6.45) is 2.50. The topological polar surface area (TPSA) is 95.9 Å². The summed E-state index contributed by atoms with van der Waals surface area (Å²) in [5.74, 6) is 0.628. The highest BCUT2D eigenvalue weighted by Gasteiger charge is 2.16. The fraction of sp³-hybridized carbons (Fsp3) is 0.545. The minimum absolute atomic E-state index is 0.135. The van der Waals surface area contributed by atoms with Gasteiger partial charge in [0.2, 0.25) is 0 Å². The number of aromatic nitrogens is 5. The molecule has 0 aliphatic carbocycles. The van der Waals surface area contributed by atoms with Crippen LogP contribution in [0.4, 0.5) is 0 Å². The van der Waals surface area contributed by atoms with Crippen LogP contribution in [0.25, 0.3) is 0 Å². The van der Waals surface area contributed by atoms with Gasteiger partial charge in [-0.3, -0.25) is 0 Å². The van der Waals surface area contributed by atoms with E-state index in [0.717, 1.165) is 18.8 Å². The van der Waals surface area contributed by atoms with E-state index in [1.807, 2.05) is 4.68 Å². The number of carbonyl (C=O) groups excluding carboxylic acids is 1. The van der Waals surface area contributed by atoms with E-state index in [2.05, 4.69) is 27.2 Å². The first-order valence-electron chi connectivity index (χ1n) is 6.24. The molecule has 0 bridgehead atoms. The van der Waals surface area contributed by atoms with E-state index in [9.17, 15) is 4.79 Å². The average molecular weight is 297 g/mol. The van der Waals surface area contributed by atoms with E-state index in [1.54, 1.807) is 6.92 Å². The molecule has 8 nitrogen and oxygen atoms in total. The minimum Gasteiger partial charge on any atom is -0.459 e. The molecular weight excluding hydrogens is 282 g/mol. The van der Waals surface area contributed by atoms with Crippen LogP contribution < -0.4 is 0 Å². The van der Waals surface area contributed by atoms with Crippen molar-refractivity contribution in [3.05, 3.63) is 18.0 Å². The predicted octanol–water partition coefficient (Wildman–Crippen LogP) is 1.54. The van der Waals surface area contributed by atoms with Gasteiger partial charge in [0.15, 0.2) is 0 Å². The van der Waals surface area contributed by atoms with Crippen molar-refractivity contribution in [1.82, 2.24) is 25.0 Å². The number of aryl methyl sites for hydroxylation is 1. The number of ether oxygens (including phenoxy) is 1. The lowest BCUT2D eigenvalue weighted by Crippen LogP contribution is -2.04. The molecule has 0 aliphatic rings. The fourth-order valence-electron chi connectivity index (χ4n) is 1.47. The van der Waals surface area contributed by atoms with Crippen LogP contribution >= 0.6 is 11.8 Å². The fourth-order valence-corrected chi connectivity index (χ4v) is 2.18. The molecular formula is C11H15N5O3S. The van der Waals surface area contributed by atoms with Crippen molar-refractivity contribution >= 4 is 17.7 Å². The molecule has 0 fully saturated rings. The van der Waals surface area contributed by atoms with Crippen molar-refractivity contribution in [3.63, 3.8) is 0 Å². The number of esters is 1. The summed E-state index contributed by atoms with van der Waals surface area (Å²) in [5.41, 5.74) is 0. The molecule has 9 heteroatoms. The molecule has 0 aromatic carbocycles. The lowest BCUT2D eigenvalue weighted by atomic mass is 10.5. The number of hydrogen-bond donors (Lipinski definition) is 0. The third-order valence-corrected chi connectivity index (χ3v) is 3.13. The Hall–Kier alpha value is -1.90. The van der Waals surface area contributed by atoms with E-state index in [1.165, 1.54) is 18.1 Å². The molecule has 0 unspecified atom stereocenters. The van der Waals surface area contributed by atoms with Crippen LogP contribution in [0.1, 0.15) is 36.8 Å². The first-order valence-corrected chi connectivity index (χ1v) is 7.23. The summed E-state index contributed by atoms with van der Waals surface area (Å²) >= 11 is 1.30. The number of rotatable bonds is 7. The highest BCUT2D eigenvalue weighted by molar-refractivity contribution is 7.98. The van der Waals surface area contributed by atoms with Crippen LogP contribution in [-0.2, 0) is 17.0 Å². The lowest BCUT2D eigenvalue weighted by Gasteiger charge is -2.01. The van der Waals surface area contributed by atoms with Gasteiger partial charge < -0.3 is 9.15 Å². The predicted molar refractivity (Wildman–Crippen MR) is 70.1 cm³/mol. The average Bonchev–Trinajstić information content (AvgIpc) is 3.06. The van der Waals surface area contributed by atoms with Crippen molar-refractivity contribution in [2.45, 2.75) is 37.8 Å². The Morgan fingerprint density at radius 2 is 2.30 bits per heavy atom. The molecule has 2 rings (SSSR count). The number of thioether (sulfide) groups is 1. The summed E-state index contributed by atoms with van der Waals surface area (Å²) in [7, 11) is 0. The summed E-state index contributed by atoms with van der Waals surface area (Å²) in [4.78, 5) is 15.5. The molecule has 0 spiro atoms. The van der Waals surface area contributed by atoms with Crippen molar-refractivity contribution in [1.29, 1.82) is 0 Å². The Bertz CT molecular complexity index is 568. The number of nitrogens with zero attached hydrogens (tertiary/aromatic N) is 5. The SMILES string of the molecule is CCCn1ncnc1CSc1nnc(C(=O)OCC)o1. The van der Waals surface area contributed by atoms with Crippen LogP contribution in [-0.4, -0.2) is 37.5 Å².